The predicted octanol–water partition coefficient (Wildman–Crippen LogP) is 3.76. The maximum atomic E-state index is 11.9. The van der Waals surface area contributed by atoms with E-state index in [0.29, 0.717) is 15.4 Å². The minimum atomic E-state index is -0.326. The Morgan fingerprint density at radius 2 is 2.00 bits per heavy atom. The molecule has 0 saturated carbocycles. The summed E-state index contributed by atoms with van der Waals surface area (Å²) in [4.78, 5) is 12.4. The van der Waals surface area contributed by atoms with E-state index in [4.69, 9.17) is 21.7 Å². The Morgan fingerprint density at radius 3 is 2.55 bits per heavy atom. The van der Waals surface area contributed by atoms with Gasteiger partial charge in [0.2, 0.25) is 0 Å². The highest BCUT2D eigenvalue weighted by atomic mass is 32.1. The Morgan fingerprint density at radius 1 is 1.35 bits per heavy atom. The van der Waals surface area contributed by atoms with E-state index < -0.39 is 0 Å². The Labute approximate surface area is 126 Å². The molecule has 0 radical (unpaired) electrons. The van der Waals surface area contributed by atoms with Crippen LogP contribution in [0.5, 0.6) is 5.75 Å². The fourth-order valence-corrected chi connectivity index (χ4v) is 3.24. The Hall–Kier alpha value is -1.66. The molecule has 0 unspecified atom stereocenters. The fraction of sp³-hybridized carbons (Fsp3) is 0.286. The molecule has 6 heteroatoms. The number of hydrogen-bond acceptors (Lipinski definition) is 5. The van der Waals surface area contributed by atoms with Crippen LogP contribution in [0.1, 0.15) is 22.3 Å². The second-order valence-corrected chi connectivity index (χ2v) is 5.68. The van der Waals surface area contributed by atoms with E-state index in [1.54, 1.807) is 14.0 Å². The summed E-state index contributed by atoms with van der Waals surface area (Å²) >= 11 is 6.62. The molecule has 0 fully saturated rings. The summed E-state index contributed by atoms with van der Waals surface area (Å²) < 4.78 is 12.7. The Bertz CT molecular complexity index is 671. The summed E-state index contributed by atoms with van der Waals surface area (Å²) in [6.07, 6.45) is 0. The van der Waals surface area contributed by atoms with Crippen LogP contribution in [-0.4, -0.2) is 24.3 Å². The molecular weight excluding hydrogens is 294 g/mol. The molecule has 0 saturated heterocycles. The van der Waals surface area contributed by atoms with Gasteiger partial charge in [0, 0.05) is 11.4 Å². The first kappa shape index (κ1) is 14.7. The topological polar surface area (TPSA) is 40.5 Å². The molecule has 0 aliphatic rings. The molecule has 0 bridgehead atoms. The number of aromatic nitrogens is 1. The van der Waals surface area contributed by atoms with Crippen molar-refractivity contribution in [1.29, 1.82) is 0 Å². The molecule has 4 nitrogen and oxygen atoms in total. The molecule has 0 N–H and O–H groups in total. The molecule has 2 aromatic rings. The number of thiazole rings is 1. The van der Waals surface area contributed by atoms with Crippen molar-refractivity contribution in [2.75, 3.05) is 13.7 Å². The summed E-state index contributed by atoms with van der Waals surface area (Å²) in [5.74, 6) is 0.451. The minimum Gasteiger partial charge on any atom is -0.497 e. The number of benzene rings is 1. The molecule has 0 amide bonds. The van der Waals surface area contributed by atoms with Gasteiger partial charge in [-0.1, -0.05) is 11.3 Å². The SMILES string of the molecule is CCOC(=O)c1sc(=S)n(-c2ccc(OC)cc2)c1C. The lowest BCUT2D eigenvalue weighted by Crippen LogP contribution is -2.06. The van der Waals surface area contributed by atoms with Crippen molar-refractivity contribution in [2.24, 2.45) is 0 Å². The van der Waals surface area contributed by atoms with Crippen LogP contribution in [0.25, 0.3) is 5.69 Å². The second kappa shape index (κ2) is 6.19. The van der Waals surface area contributed by atoms with Crippen LogP contribution >= 0.6 is 23.6 Å². The van der Waals surface area contributed by atoms with Crippen LogP contribution in [0.2, 0.25) is 0 Å². The minimum absolute atomic E-state index is 0.326. The average Bonchev–Trinajstić information content (AvgIpc) is 2.75. The highest BCUT2D eigenvalue weighted by Gasteiger charge is 2.17. The van der Waals surface area contributed by atoms with Crippen molar-refractivity contribution in [2.45, 2.75) is 13.8 Å². The lowest BCUT2D eigenvalue weighted by molar-refractivity contribution is 0.0531. The van der Waals surface area contributed by atoms with Gasteiger partial charge in [-0.2, -0.15) is 0 Å². The van der Waals surface area contributed by atoms with E-state index in [2.05, 4.69) is 0 Å². The van der Waals surface area contributed by atoms with Crippen LogP contribution in [0.4, 0.5) is 0 Å². The van der Waals surface area contributed by atoms with Gasteiger partial charge in [0.1, 0.15) is 10.6 Å². The first-order chi connectivity index (χ1) is 9.58. The van der Waals surface area contributed by atoms with E-state index in [-0.39, 0.29) is 5.97 Å². The number of ether oxygens (including phenoxy) is 2. The summed E-state index contributed by atoms with van der Waals surface area (Å²) in [6, 6.07) is 7.53. The normalized spacial score (nSPS) is 10.3. The molecule has 106 valence electrons. The molecule has 0 aliphatic heterocycles. The van der Waals surface area contributed by atoms with Crippen molar-refractivity contribution >= 4 is 29.5 Å². The van der Waals surface area contributed by atoms with Crippen LogP contribution in [0, 0.1) is 10.9 Å². The number of carbonyl (C=O) groups is 1. The molecule has 0 atom stereocenters. The highest BCUT2D eigenvalue weighted by Crippen LogP contribution is 2.25. The van der Waals surface area contributed by atoms with Crippen molar-refractivity contribution in [3.63, 3.8) is 0 Å². The number of rotatable bonds is 4. The quantitative estimate of drug-likeness (QED) is 0.637. The maximum Gasteiger partial charge on any atom is 0.350 e. The van der Waals surface area contributed by atoms with E-state index in [1.165, 1.54) is 11.3 Å². The fourth-order valence-electron chi connectivity index (χ4n) is 1.86. The van der Waals surface area contributed by atoms with Gasteiger partial charge < -0.3 is 9.47 Å². The zero-order valence-electron chi connectivity index (χ0n) is 11.5. The van der Waals surface area contributed by atoms with Gasteiger partial charge in [-0.05, 0) is 50.3 Å². The van der Waals surface area contributed by atoms with Crippen molar-refractivity contribution in [3.05, 3.63) is 38.8 Å². The Kier molecular flexibility index (Phi) is 4.57. The smallest absolute Gasteiger partial charge is 0.350 e. The number of hydrogen-bond donors (Lipinski definition) is 0. The van der Waals surface area contributed by atoms with Crippen LogP contribution in [0.15, 0.2) is 24.3 Å². The van der Waals surface area contributed by atoms with E-state index in [1.807, 2.05) is 35.8 Å². The highest BCUT2D eigenvalue weighted by molar-refractivity contribution is 7.73. The maximum absolute atomic E-state index is 11.9. The lowest BCUT2D eigenvalue weighted by atomic mass is 10.3. The van der Waals surface area contributed by atoms with Gasteiger partial charge >= 0.3 is 5.97 Å². The molecule has 1 heterocycles. The standard InChI is InChI=1S/C14H15NO3S2/c1-4-18-13(16)12-9(2)15(14(19)20-12)10-5-7-11(17-3)8-6-10/h5-8H,4H2,1-3H3. The third-order valence-corrected chi connectivity index (χ3v) is 4.28. The van der Waals surface area contributed by atoms with E-state index in [9.17, 15) is 4.79 Å². The summed E-state index contributed by atoms with van der Waals surface area (Å²) in [6.45, 7) is 4.00. The lowest BCUT2D eigenvalue weighted by Gasteiger charge is -2.07. The molecule has 1 aromatic heterocycles. The van der Waals surface area contributed by atoms with Gasteiger partial charge in [-0.15, -0.1) is 0 Å². The van der Waals surface area contributed by atoms with Crippen molar-refractivity contribution in [1.82, 2.24) is 4.57 Å². The number of methoxy groups -OCH3 is 1. The van der Waals surface area contributed by atoms with Gasteiger partial charge in [0.05, 0.1) is 13.7 Å². The molecule has 1 aromatic carbocycles. The number of carbonyl (C=O) groups excluding carboxylic acids is 1. The first-order valence-electron chi connectivity index (χ1n) is 6.12. The van der Waals surface area contributed by atoms with E-state index in [0.717, 1.165) is 17.1 Å². The molecule has 0 spiro atoms. The van der Waals surface area contributed by atoms with Gasteiger partial charge in [0.15, 0.2) is 3.95 Å². The van der Waals surface area contributed by atoms with Gasteiger partial charge in [-0.3, -0.25) is 4.57 Å². The number of esters is 1. The average molecular weight is 309 g/mol. The van der Waals surface area contributed by atoms with E-state index >= 15 is 0 Å². The summed E-state index contributed by atoms with van der Waals surface area (Å²) in [7, 11) is 1.62. The number of nitrogens with zero attached hydrogens (tertiary/aromatic N) is 1. The molecular formula is C14H15NO3S2. The monoisotopic (exact) mass is 309 g/mol. The zero-order valence-corrected chi connectivity index (χ0v) is 13.1. The van der Waals surface area contributed by atoms with Crippen molar-refractivity contribution < 1.29 is 14.3 Å². The zero-order chi connectivity index (χ0) is 14.7. The molecule has 0 aliphatic carbocycles. The largest absolute Gasteiger partial charge is 0.497 e. The second-order valence-electron chi connectivity index (χ2n) is 4.04. The Balaban J connectivity index is 2.46. The van der Waals surface area contributed by atoms with Crippen molar-refractivity contribution in [3.8, 4) is 11.4 Å². The van der Waals surface area contributed by atoms with Crippen LogP contribution in [0.3, 0.4) is 0 Å². The third kappa shape index (κ3) is 2.76. The molecule has 20 heavy (non-hydrogen) atoms. The summed E-state index contributed by atoms with van der Waals surface area (Å²) in [5.41, 5.74) is 1.70. The van der Waals surface area contributed by atoms with Gasteiger partial charge in [-0.25, -0.2) is 4.79 Å². The summed E-state index contributed by atoms with van der Waals surface area (Å²) in [5, 5.41) is 0. The van der Waals surface area contributed by atoms with Gasteiger partial charge in [0.25, 0.3) is 0 Å². The predicted molar refractivity (Wildman–Crippen MR) is 81.7 cm³/mol. The third-order valence-electron chi connectivity index (χ3n) is 2.83. The van der Waals surface area contributed by atoms with Crippen LogP contribution in [-0.2, 0) is 4.74 Å². The van der Waals surface area contributed by atoms with Crippen LogP contribution < -0.4 is 4.74 Å². The molecule has 2 rings (SSSR count). The first-order valence-corrected chi connectivity index (χ1v) is 7.35.